The molecule has 0 N–H and O–H groups in total. The third kappa shape index (κ3) is 3.54. The van der Waals surface area contributed by atoms with Gasteiger partial charge in [0.25, 0.3) is 0 Å². The summed E-state index contributed by atoms with van der Waals surface area (Å²) in [5.41, 5.74) is 2.69. The number of allylic oxidation sites excluding steroid dienone is 2. The summed E-state index contributed by atoms with van der Waals surface area (Å²) >= 11 is 0. The Kier molecular flexibility index (Phi) is 5.70. The largest absolute Gasteiger partial charge is 0.435 e. The molecule has 5 atom stereocenters. The molecule has 164 valence electrons. The number of carbonyl (C=O) groups is 2. The van der Waals surface area contributed by atoms with E-state index in [2.05, 4.69) is 41.5 Å². The SMILES string of the molecule is CC(=O)O[C@@H]1O[C@H](OC(C)=O)[C@]2(C)[C@H]1CC[C@H](/C(C)=C1/CCCC1(C)C)C2(C)C. The number of fused-ring (bicyclic) bond motifs is 1. The van der Waals surface area contributed by atoms with E-state index in [4.69, 9.17) is 14.2 Å². The third-order valence-corrected chi connectivity index (χ3v) is 8.47. The topological polar surface area (TPSA) is 61.8 Å². The second-order valence-corrected chi connectivity index (χ2v) is 10.7. The third-order valence-electron chi connectivity index (χ3n) is 8.47. The molecule has 3 fully saturated rings. The highest BCUT2D eigenvalue weighted by molar-refractivity contribution is 5.66. The van der Waals surface area contributed by atoms with Crippen molar-refractivity contribution < 1.29 is 23.8 Å². The molecule has 1 saturated heterocycles. The van der Waals surface area contributed by atoms with E-state index in [-0.39, 0.29) is 28.7 Å². The highest BCUT2D eigenvalue weighted by atomic mass is 16.8. The van der Waals surface area contributed by atoms with Crippen molar-refractivity contribution in [3.8, 4) is 0 Å². The molecule has 0 unspecified atom stereocenters. The summed E-state index contributed by atoms with van der Waals surface area (Å²) in [5.74, 6) is -0.375. The van der Waals surface area contributed by atoms with Gasteiger partial charge in [-0.25, -0.2) is 0 Å². The Bertz CT molecular complexity index is 719. The fraction of sp³-hybridized carbons (Fsp3) is 0.833. The summed E-state index contributed by atoms with van der Waals surface area (Å²) in [6.45, 7) is 16.5. The predicted molar refractivity (Wildman–Crippen MR) is 111 cm³/mol. The van der Waals surface area contributed by atoms with Gasteiger partial charge in [0, 0.05) is 25.2 Å². The van der Waals surface area contributed by atoms with Gasteiger partial charge in [0.1, 0.15) is 0 Å². The van der Waals surface area contributed by atoms with Gasteiger partial charge in [0.15, 0.2) is 0 Å². The van der Waals surface area contributed by atoms with Gasteiger partial charge < -0.3 is 14.2 Å². The lowest BCUT2D eigenvalue weighted by atomic mass is 9.48. The minimum atomic E-state index is -0.721. The molecule has 5 heteroatoms. The number of hydrogen-bond acceptors (Lipinski definition) is 5. The fourth-order valence-corrected chi connectivity index (χ4v) is 6.59. The van der Waals surface area contributed by atoms with Gasteiger partial charge >= 0.3 is 11.9 Å². The maximum Gasteiger partial charge on any atom is 0.304 e. The van der Waals surface area contributed by atoms with Gasteiger partial charge in [-0.1, -0.05) is 45.8 Å². The van der Waals surface area contributed by atoms with Crippen LogP contribution in [0.3, 0.4) is 0 Å². The van der Waals surface area contributed by atoms with Crippen molar-refractivity contribution in [3.05, 3.63) is 11.1 Å². The lowest BCUT2D eigenvalue weighted by molar-refractivity contribution is -0.227. The summed E-state index contributed by atoms with van der Waals surface area (Å²) in [4.78, 5) is 23.5. The van der Waals surface area contributed by atoms with Crippen LogP contribution in [0.1, 0.15) is 87.5 Å². The Morgan fingerprint density at radius 2 is 1.59 bits per heavy atom. The van der Waals surface area contributed by atoms with Gasteiger partial charge in [-0.05, 0) is 55.8 Å². The van der Waals surface area contributed by atoms with E-state index in [1.807, 2.05) is 0 Å². The van der Waals surface area contributed by atoms with Gasteiger partial charge in [-0.15, -0.1) is 0 Å². The summed E-state index contributed by atoms with van der Waals surface area (Å²) < 4.78 is 17.2. The fourth-order valence-electron chi connectivity index (χ4n) is 6.59. The van der Waals surface area contributed by atoms with Crippen molar-refractivity contribution in [1.29, 1.82) is 0 Å². The van der Waals surface area contributed by atoms with Crippen molar-refractivity contribution in [3.63, 3.8) is 0 Å². The minimum Gasteiger partial charge on any atom is -0.435 e. The van der Waals surface area contributed by atoms with Crippen LogP contribution in [0.2, 0.25) is 0 Å². The minimum absolute atomic E-state index is 0.00334. The first-order valence-corrected chi connectivity index (χ1v) is 11.0. The van der Waals surface area contributed by atoms with Gasteiger partial charge in [0.05, 0.1) is 0 Å². The Balaban J connectivity index is 2.03. The summed E-state index contributed by atoms with van der Waals surface area (Å²) in [6, 6.07) is 0. The average Bonchev–Trinajstić information content (AvgIpc) is 3.05. The smallest absolute Gasteiger partial charge is 0.304 e. The molecule has 0 aromatic carbocycles. The van der Waals surface area contributed by atoms with E-state index in [9.17, 15) is 9.59 Å². The molecule has 0 radical (unpaired) electrons. The van der Waals surface area contributed by atoms with Gasteiger partial charge in [-0.3, -0.25) is 9.59 Å². The molecule has 0 amide bonds. The van der Waals surface area contributed by atoms with Crippen LogP contribution in [0.15, 0.2) is 11.1 Å². The van der Waals surface area contributed by atoms with E-state index >= 15 is 0 Å². The number of ether oxygens (including phenoxy) is 3. The Labute approximate surface area is 175 Å². The first-order valence-electron chi connectivity index (χ1n) is 11.0. The van der Waals surface area contributed by atoms with Crippen LogP contribution in [0.4, 0.5) is 0 Å². The normalized spacial score (nSPS) is 39.6. The maximum atomic E-state index is 11.8. The zero-order chi connectivity index (χ0) is 21.8. The molecular formula is C24H38O5. The van der Waals surface area contributed by atoms with Crippen molar-refractivity contribution in [1.82, 2.24) is 0 Å². The molecule has 3 aliphatic rings. The summed E-state index contributed by atoms with van der Waals surface area (Å²) in [5, 5.41) is 0. The second kappa shape index (κ2) is 7.40. The van der Waals surface area contributed by atoms with E-state index in [0.717, 1.165) is 12.8 Å². The van der Waals surface area contributed by atoms with Crippen LogP contribution in [0.25, 0.3) is 0 Å². The van der Waals surface area contributed by atoms with E-state index in [1.54, 1.807) is 5.57 Å². The molecule has 3 rings (SSSR count). The van der Waals surface area contributed by atoms with E-state index in [0.29, 0.717) is 5.92 Å². The van der Waals surface area contributed by atoms with Gasteiger partial charge in [-0.2, -0.15) is 0 Å². The molecule has 5 nitrogen and oxygen atoms in total. The van der Waals surface area contributed by atoms with Crippen molar-refractivity contribution in [2.45, 2.75) is 100 Å². The summed E-state index contributed by atoms with van der Waals surface area (Å²) in [7, 11) is 0. The quantitative estimate of drug-likeness (QED) is 0.465. The summed E-state index contributed by atoms with van der Waals surface area (Å²) in [6.07, 6.45) is 4.17. The number of rotatable bonds is 3. The lowest BCUT2D eigenvalue weighted by Crippen LogP contribution is -2.55. The Hall–Kier alpha value is -1.36. The number of hydrogen-bond donors (Lipinski definition) is 0. The number of esters is 2. The molecule has 2 saturated carbocycles. The van der Waals surface area contributed by atoms with E-state index in [1.165, 1.54) is 38.7 Å². The zero-order valence-corrected chi connectivity index (χ0v) is 19.4. The average molecular weight is 407 g/mol. The van der Waals surface area contributed by atoms with Crippen molar-refractivity contribution in [2.75, 3.05) is 0 Å². The van der Waals surface area contributed by atoms with Crippen LogP contribution >= 0.6 is 0 Å². The Morgan fingerprint density at radius 3 is 2.10 bits per heavy atom. The monoisotopic (exact) mass is 406 g/mol. The molecule has 0 aromatic rings. The molecule has 2 aliphatic carbocycles. The van der Waals surface area contributed by atoms with Crippen LogP contribution in [0, 0.1) is 28.1 Å². The predicted octanol–water partition coefficient (Wildman–Crippen LogP) is 5.38. The Morgan fingerprint density at radius 1 is 0.966 bits per heavy atom. The molecule has 0 spiro atoms. The standard InChI is InChI=1S/C24H38O5/c1-14(17-10-9-13-22(17,4)5)18-11-12-19-20(27-15(2)25)29-21(28-16(3)26)24(19,8)23(18,6)7/h18-21H,9-13H2,1-8H3/b17-14-/t18-,19+,20-,21+,24+/m1/s1. The van der Waals surface area contributed by atoms with Crippen molar-refractivity contribution in [2.24, 2.45) is 28.1 Å². The second-order valence-electron chi connectivity index (χ2n) is 10.7. The van der Waals surface area contributed by atoms with Crippen LogP contribution in [-0.2, 0) is 23.8 Å². The van der Waals surface area contributed by atoms with Crippen LogP contribution in [0.5, 0.6) is 0 Å². The molecule has 29 heavy (non-hydrogen) atoms. The van der Waals surface area contributed by atoms with Crippen LogP contribution < -0.4 is 0 Å². The van der Waals surface area contributed by atoms with Gasteiger partial charge in [0.2, 0.25) is 12.6 Å². The number of carbonyl (C=O) groups excluding carboxylic acids is 2. The lowest BCUT2D eigenvalue weighted by Gasteiger charge is -2.55. The molecule has 0 aromatic heterocycles. The molecular weight excluding hydrogens is 368 g/mol. The molecule has 1 heterocycles. The first kappa shape index (κ1) is 22.3. The molecule has 0 bridgehead atoms. The maximum absolute atomic E-state index is 11.8. The highest BCUT2D eigenvalue weighted by Crippen LogP contribution is 2.65. The van der Waals surface area contributed by atoms with E-state index < -0.39 is 18.0 Å². The van der Waals surface area contributed by atoms with Crippen molar-refractivity contribution >= 4 is 11.9 Å². The first-order chi connectivity index (χ1) is 13.3. The highest BCUT2D eigenvalue weighted by Gasteiger charge is 2.67. The zero-order valence-electron chi connectivity index (χ0n) is 19.4. The van der Waals surface area contributed by atoms with Crippen LogP contribution in [-0.4, -0.2) is 24.5 Å². The molecule has 1 aliphatic heterocycles.